The minimum atomic E-state index is -4.93. The number of halogens is 4. The Hall–Kier alpha value is -2.09. The van der Waals surface area contributed by atoms with Crippen LogP contribution in [0.2, 0.25) is 15.1 Å². The summed E-state index contributed by atoms with van der Waals surface area (Å²) in [5, 5.41) is 5.12. The van der Waals surface area contributed by atoms with Gasteiger partial charge in [0.1, 0.15) is 16.4 Å². The van der Waals surface area contributed by atoms with Gasteiger partial charge in [-0.1, -0.05) is 34.8 Å². The van der Waals surface area contributed by atoms with Crippen LogP contribution in [0.1, 0.15) is 0 Å². The molecule has 0 bridgehead atoms. The van der Waals surface area contributed by atoms with Gasteiger partial charge in [-0.3, -0.25) is 9.89 Å². The third kappa shape index (κ3) is 4.80. The van der Waals surface area contributed by atoms with E-state index < -0.39 is 30.7 Å². The maximum atomic E-state index is 13.1. The van der Waals surface area contributed by atoms with Gasteiger partial charge in [-0.05, 0) is 30.3 Å². The van der Waals surface area contributed by atoms with Crippen LogP contribution in [0.3, 0.4) is 0 Å². The van der Waals surface area contributed by atoms with Crippen molar-refractivity contribution in [3.8, 4) is 5.69 Å². The van der Waals surface area contributed by atoms with Gasteiger partial charge in [0.2, 0.25) is 10.0 Å². The summed E-state index contributed by atoms with van der Waals surface area (Å²) in [6.07, 6.45) is 0. The van der Waals surface area contributed by atoms with Crippen molar-refractivity contribution in [1.29, 1.82) is 0 Å². The number of hydrogen-bond acceptors (Lipinski definition) is 6. The van der Waals surface area contributed by atoms with Crippen LogP contribution < -0.4 is 10.9 Å². The van der Waals surface area contributed by atoms with E-state index >= 15 is 0 Å². The summed E-state index contributed by atoms with van der Waals surface area (Å²) in [4.78, 5) is 11.7. The molecule has 0 saturated carbocycles. The molecule has 0 saturated heterocycles. The highest BCUT2D eigenvalue weighted by atomic mass is 35.5. The molecule has 0 aliphatic carbocycles. The molecule has 3 aromatic rings. The van der Waals surface area contributed by atoms with E-state index in [4.69, 9.17) is 34.8 Å². The number of benzene rings is 2. The predicted molar refractivity (Wildman–Crippen MR) is 120 cm³/mol. The Labute approximate surface area is 197 Å². The molecular weight excluding hydrogens is 530 g/mol. The average Bonchev–Trinajstić information content (AvgIpc) is 3.01. The zero-order chi connectivity index (χ0) is 24.0. The maximum Gasteiger partial charge on any atom is 0.332 e. The highest BCUT2D eigenvalue weighted by molar-refractivity contribution is 7.89. The van der Waals surface area contributed by atoms with E-state index in [0.717, 1.165) is 39.3 Å². The molecule has 0 aliphatic heterocycles. The first-order chi connectivity index (χ1) is 14.7. The first kappa shape index (κ1) is 24.6. The Morgan fingerprint density at radius 2 is 1.50 bits per heavy atom. The summed E-state index contributed by atoms with van der Waals surface area (Å²) in [5.41, 5.74) is -0.412. The largest absolute Gasteiger partial charge is 0.339 e. The number of rotatable bonds is 6. The first-order valence-corrected chi connectivity index (χ1v) is 12.4. The molecule has 3 rings (SSSR count). The average molecular weight is 544 g/mol. The molecule has 172 valence electrons. The van der Waals surface area contributed by atoms with Gasteiger partial charge in [-0.2, -0.15) is 8.42 Å². The first-order valence-electron chi connectivity index (χ1n) is 8.47. The molecule has 2 aromatic carbocycles. The number of aromatic amines is 1. The van der Waals surface area contributed by atoms with E-state index in [0.29, 0.717) is 0 Å². The lowest BCUT2D eigenvalue weighted by molar-refractivity contribution is 0.520. The van der Waals surface area contributed by atoms with Gasteiger partial charge >= 0.3 is 10.2 Å². The van der Waals surface area contributed by atoms with E-state index in [1.807, 2.05) is 0 Å². The van der Waals surface area contributed by atoms with Crippen molar-refractivity contribution in [3.05, 3.63) is 61.8 Å². The number of nitrogens with zero attached hydrogens (tertiary/aromatic N) is 2. The molecular formula is C17H14Cl3FN4O5S2. The number of anilines is 2. The molecule has 9 nitrogen and oxygen atoms in total. The van der Waals surface area contributed by atoms with E-state index in [2.05, 4.69) is 10.4 Å². The minimum absolute atomic E-state index is 0.00839. The summed E-state index contributed by atoms with van der Waals surface area (Å²) in [6.45, 7) is 0. The van der Waals surface area contributed by atoms with Crippen LogP contribution in [0.25, 0.3) is 5.69 Å². The second-order valence-corrected chi connectivity index (χ2v) is 11.3. The zero-order valence-corrected chi connectivity index (χ0v) is 20.1. The lowest BCUT2D eigenvalue weighted by Crippen LogP contribution is -2.22. The molecule has 0 atom stereocenters. The Morgan fingerprint density at radius 3 is 2.00 bits per heavy atom. The van der Waals surface area contributed by atoms with Gasteiger partial charge in [0.05, 0.1) is 25.7 Å². The van der Waals surface area contributed by atoms with Crippen molar-refractivity contribution in [1.82, 2.24) is 14.1 Å². The van der Waals surface area contributed by atoms with Gasteiger partial charge in [0, 0.05) is 20.2 Å². The zero-order valence-electron chi connectivity index (χ0n) is 16.2. The molecule has 32 heavy (non-hydrogen) atoms. The monoisotopic (exact) mass is 542 g/mol. The van der Waals surface area contributed by atoms with E-state index in [-0.39, 0.29) is 37.2 Å². The molecule has 0 aliphatic rings. The third-order valence-corrected chi connectivity index (χ3v) is 7.70. The second-order valence-electron chi connectivity index (χ2n) is 6.57. The molecule has 15 heteroatoms. The lowest BCUT2D eigenvalue weighted by atomic mass is 10.3. The summed E-state index contributed by atoms with van der Waals surface area (Å²) in [7, 11) is -6.05. The van der Waals surface area contributed by atoms with Crippen LogP contribution in [0.15, 0.2) is 51.0 Å². The maximum absolute atomic E-state index is 13.1. The number of sulfonamides is 1. The fourth-order valence-electron chi connectivity index (χ4n) is 2.64. The van der Waals surface area contributed by atoms with Crippen LogP contribution in [-0.4, -0.2) is 45.0 Å². The van der Waals surface area contributed by atoms with Crippen molar-refractivity contribution in [2.75, 3.05) is 19.4 Å². The highest BCUT2D eigenvalue weighted by Gasteiger charge is 2.22. The van der Waals surface area contributed by atoms with Crippen LogP contribution in [-0.2, 0) is 20.2 Å². The normalized spacial score (nSPS) is 12.3. The van der Waals surface area contributed by atoms with Gasteiger partial charge in [-0.15, -0.1) is 3.89 Å². The number of nitrogens with one attached hydrogen (secondary N) is 2. The van der Waals surface area contributed by atoms with E-state index in [9.17, 15) is 25.5 Å². The molecule has 1 aromatic heterocycles. The second kappa shape index (κ2) is 8.69. The highest BCUT2D eigenvalue weighted by Crippen LogP contribution is 2.33. The van der Waals surface area contributed by atoms with Crippen LogP contribution in [0.4, 0.5) is 15.4 Å². The molecule has 0 amide bonds. The lowest BCUT2D eigenvalue weighted by Gasteiger charge is -2.14. The van der Waals surface area contributed by atoms with Crippen molar-refractivity contribution in [2.45, 2.75) is 9.79 Å². The standard InChI is InChI=1S/C17H14Cl3FN4O5S2/c1-24(2)32(29,30)10-6-12(19)17(13(20)7-10)25-16(26)8-15(23-25)22-14-4-3-9(5-11(14)18)31(21,27)28/h3-8,22-23H,1-2H3. The summed E-state index contributed by atoms with van der Waals surface area (Å²) in [5.74, 6) is 0.116. The van der Waals surface area contributed by atoms with Crippen LogP contribution in [0, 0.1) is 0 Å². The van der Waals surface area contributed by atoms with Gasteiger partial charge in [0.15, 0.2) is 0 Å². The Bertz CT molecular complexity index is 1460. The van der Waals surface area contributed by atoms with Crippen LogP contribution in [0.5, 0.6) is 0 Å². The smallest absolute Gasteiger partial charge is 0.332 e. The number of H-pyrrole nitrogens is 1. The topological polar surface area (TPSA) is 121 Å². The Kier molecular flexibility index (Phi) is 6.67. The molecule has 0 radical (unpaired) electrons. The summed E-state index contributed by atoms with van der Waals surface area (Å²) < 4.78 is 61.7. The number of aromatic nitrogens is 2. The number of hydrogen-bond donors (Lipinski definition) is 2. The quantitative estimate of drug-likeness (QED) is 0.457. The Balaban J connectivity index is 2.00. The fourth-order valence-corrected chi connectivity index (χ4v) is 5.16. The molecule has 2 N–H and O–H groups in total. The minimum Gasteiger partial charge on any atom is -0.339 e. The summed E-state index contributed by atoms with van der Waals surface area (Å²) >= 11 is 18.4. The van der Waals surface area contributed by atoms with E-state index in [1.165, 1.54) is 20.2 Å². The van der Waals surface area contributed by atoms with Gasteiger partial charge < -0.3 is 5.32 Å². The van der Waals surface area contributed by atoms with Crippen molar-refractivity contribution >= 4 is 66.6 Å². The molecule has 1 heterocycles. The van der Waals surface area contributed by atoms with Gasteiger partial charge in [-0.25, -0.2) is 17.4 Å². The molecule has 0 fully saturated rings. The SMILES string of the molecule is CN(C)S(=O)(=O)c1cc(Cl)c(-n2[nH]c(Nc3ccc(S(=O)(=O)F)cc3Cl)cc2=O)c(Cl)c1. The van der Waals surface area contributed by atoms with Crippen LogP contribution >= 0.6 is 34.8 Å². The molecule has 0 unspecified atom stereocenters. The molecule has 0 spiro atoms. The van der Waals surface area contributed by atoms with E-state index in [1.54, 1.807) is 0 Å². The predicted octanol–water partition coefficient (Wildman–Crippen LogP) is 3.78. The fraction of sp³-hybridized carbons (Fsp3) is 0.118. The van der Waals surface area contributed by atoms with Crippen molar-refractivity contribution in [3.63, 3.8) is 0 Å². The van der Waals surface area contributed by atoms with Crippen molar-refractivity contribution in [2.24, 2.45) is 0 Å². The Morgan fingerprint density at radius 1 is 0.938 bits per heavy atom. The van der Waals surface area contributed by atoms with Gasteiger partial charge in [0.25, 0.3) is 5.56 Å². The summed E-state index contributed by atoms with van der Waals surface area (Å²) in [6, 6.07) is 6.57. The van der Waals surface area contributed by atoms with Crippen molar-refractivity contribution < 1.29 is 20.7 Å². The third-order valence-electron chi connectivity index (χ3n) is 4.20.